The SMILES string of the molecule is CCN1CCN(CCCOc2cc(Cl)cc(N3CCN(c4ncnc5[nH]nc(Br)c45)CC3)c2C)CC1. The third-order valence-electron chi connectivity index (χ3n) is 7.30. The van der Waals surface area contributed by atoms with Crippen molar-refractivity contribution in [2.75, 3.05) is 81.9 Å². The predicted molar refractivity (Wildman–Crippen MR) is 149 cm³/mol. The molecule has 0 amide bonds. The molecule has 194 valence electrons. The average Bonchev–Trinajstić information content (AvgIpc) is 3.29. The van der Waals surface area contributed by atoms with E-state index < -0.39 is 0 Å². The largest absolute Gasteiger partial charge is 0.493 e. The van der Waals surface area contributed by atoms with Crippen LogP contribution in [0.1, 0.15) is 18.9 Å². The summed E-state index contributed by atoms with van der Waals surface area (Å²) in [4.78, 5) is 18.6. The van der Waals surface area contributed by atoms with E-state index >= 15 is 0 Å². The van der Waals surface area contributed by atoms with Crippen LogP contribution in [0.25, 0.3) is 11.0 Å². The summed E-state index contributed by atoms with van der Waals surface area (Å²) in [5.74, 6) is 1.79. The van der Waals surface area contributed by atoms with Crippen molar-refractivity contribution in [3.63, 3.8) is 0 Å². The molecule has 0 spiro atoms. The summed E-state index contributed by atoms with van der Waals surface area (Å²) >= 11 is 10.1. The summed E-state index contributed by atoms with van der Waals surface area (Å²) in [6.45, 7) is 15.4. The van der Waals surface area contributed by atoms with Crippen LogP contribution in [0.2, 0.25) is 5.02 Å². The summed E-state index contributed by atoms with van der Waals surface area (Å²) in [5, 5.41) is 8.81. The van der Waals surface area contributed by atoms with E-state index in [9.17, 15) is 0 Å². The van der Waals surface area contributed by atoms with E-state index in [-0.39, 0.29) is 0 Å². The van der Waals surface area contributed by atoms with Crippen LogP contribution in [-0.4, -0.2) is 102 Å². The number of likely N-dealkylation sites (N-methyl/N-ethyl adjacent to an activating group) is 1. The van der Waals surface area contributed by atoms with Gasteiger partial charge in [-0.25, -0.2) is 9.97 Å². The van der Waals surface area contributed by atoms with Crippen molar-refractivity contribution < 1.29 is 4.74 Å². The maximum atomic E-state index is 6.54. The van der Waals surface area contributed by atoms with Gasteiger partial charge in [0.15, 0.2) is 5.65 Å². The Balaban J connectivity index is 1.18. The van der Waals surface area contributed by atoms with E-state index in [1.165, 1.54) is 13.1 Å². The molecule has 2 aliphatic heterocycles. The lowest BCUT2D eigenvalue weighted by molar-refractivity contribution is 0.130. The number of ether oxygens (including phenoxy) is 1. The maximum absolute atomic E-state index is 6.54. The number of anilines is 2. The number of nitrogens with zero attached hydrogens (tertiary/aromatic N) is 7. The van der Waals surface area contributed by atoms with Gasteiger partial charge >= 0.3 is 0 Å². The molecule has 3 aromatic rings. The maximum Gasteiger partial charge on any atom is 0.161 e. The molecule has 2 aromatic heterocycles. The summed E-state index contributed by atoms with van der Waals surface area (Å²) in [6, 6.07) is 4.01. The molecule has 0 atom stereocenters. The molecule has 0 bridgehead atoms. The van der Waals surface area contributed by atoms with Crippen molar-refractivity contribution in [2.24, 2.45) is 0 Å². The van der Waals surface area contributed by atoms with Gasteiger partial charge in [0, 0.05) is 75.2 Å². The monoisotopic (exact) mass is 576 g/mol. The Morgan fingerprint density at radius 2 is 1.72 bits per heavy atom. The second kappa shape index (κ2) is 11.5. The zero-order chi connectivity index (χ0) is 25.1. The van der Waals surface area contributed by atoms with Crippen LogP contribution in [0.3, 0.4) is 0 Å². The molecule has 0 aliphatic carbocycles. The van der Waals surface area contributed by atoms with E-state index in [1.54, 1.807) is 6.33 Å². The van der Waals surface area contributed by atoms with Gasteiger partial charge in [-0.05, 0) is 48.0 Å². The lowest BCUT2D eigenvalue weighted by Gasteiger charge is -2.37. The van der Waals surface area contributed by atoms with Gasteiger partial charge in [0.25, 0.3) is 0 Å². The molecular formula is C25H34BrClN8O. The number of aromatic amines is 1. The molecule has 1 N–H and O–H groups in total. The van der Waals surface area contributed by atoms with Gasteiger partial charge in [0.1, 0.15) is 22.5 Å². The van der Waals surface area contributed by atoms with Crippen molar-refractivity contribution >= 4 is 50.1 Å². The average molecular weight is 578 g/mol. The van der Waals surface area contributed by atoms with E-state index in [0.29, 0.717) is 11.6 Å². The first kappa shape index (κ1) is 25.5. The van der Waals surface area contributed by atoms with Crippen LogP contribution in [-0.2, 0) is 0 Å². The lowest BCUT2D eigenvalue weighted by Crippen LogP contribution is -2.47. The Labute approximate surface area is 225 Å². The molecule has 2 saturated heterocycles. The van der Waals surface area contributed by atoms with E-state index in [2.05, 4.69) is 75.6 Å². The molecule has 36 heavy (non-hydrogen) atoms. The first-order chi connectivity index (χ1) is 17.5. The smallest absolute Gasteiger partial charge is 0.161 e. The van der Waals surface area contributed by atoms with Crippen LogP contribution >= 0.6 is 27.5 Å². The van der Waals surface area contributed by atoms with Gasteiger partial charge < -0.3 is 24.3 Å². The second-order valence-electron chi connectivity index (χ2n) is 9.44. The third-order valence-corrected chi connectivity index (χ3v) is 8.09. The van der Waals surface area contributed by atoms with E-state index in [0.717, 1.165) is 97.2 Å². The number of hydrogen-bond donors (Lipinski definition) is 1. The number of benzene rings is 1. The molecule has 11 heteroatoms. The lowest BCUT2D eigenvalue weighted by atomic mass is 10.1. The van der Waals surface area contributed by atoms with Gasteiger partial charge in [0.2, 0.25) is 0 Å². The third kappa shape index (κ3) is 5.56. The van der Waals surface area contributed by atoms with Crippen LogP contribution in [0.5, 0.6) is 5.75 Å². The molecule has 0 radical (unpaired) electrons. The molecular weight excluding hydrogens is 544 g/mol. The Bertz CT molecular complexity index is 1170. The second-order valence-corrected chi connectivity index (χ2v) is 10.6. The van der Waals surface area contributed by atoms with Crippen molar-refractivity contribution in [2.45, 2.75) is 20.3 Å². The van der Waals surface area contributed by atoms with Crippen LogP contribution in [0.4, 0.5) is 11.5 Å². The molecule has 9 nitrogen and oxygen atoms in total. The van der Waals surface area contributed by atoms with E-state index in [4.69, 9.17) is 16.3 Å². The molecule has 0 unspecified atom stereocenters. The van der Waals surface area contributed by atoms with Crippen LogP contribution in [0, 0.1) is 6.92 Å². The Hall–Kier alpha value is -2.14. The topological polar surface area (TPSA) is 76.7 Å². The van der Waals surface area contributed by atoms with Gasteiger partial charge in [0.05, 0.1) is 12.0 Å². The van der Waals surface area contributed by atoms with Crippen molar-refractivity contribution in [1.29, 1.82) is 0 Å². The van der Waals surface area contributed by atoms with Gasteiger partial charge in [-0.1, -0.05) is 18.5 Å². The molecule has 4 heterocycles. The molecule has 2 aliphatic rings. The van der Waals surface area contributed by atoms with Crippen LogP contribution in [0.15, 0.2) is 23.1 Å². The number of halogens is 2. The van der Waals surface area contributed by atoms with E-state index in [1.807, 2.05) is 6.07 Å². The molecule has 0 saturated carbocycles. The van der Waals surface area contributed by atoms with Gasteiger partial charge in [-0.2, -0.15) is 5.10 Å². The number of aromatic nitrogens is 4. The number of H-pyrrole nitrogens is 1. The number of hydrogen-bond acceptors (Lipinski definition) is 8. The fraction of sp³-hybridized carbons (Fsp3) is 0.560. The fourth-order valence-electron chi connectivity index (χ4n) is 5.13. The standard InChI is InChI=1S/C25H34BrClN8O/c1-3-32-6-8-33(9-7-32)5-4-14-36-21-16-19(27)15-20(18(21)2)34-10-12-35(13-11-34)25-22-23(26)30-31-24(22)28-17-29-25/h15-17H,3-14H2,1-2H3,(H,28,29,30,31). The minimum absolute atomic E-state index is 0.700. The highest BCUT2D eigenvalue weighted by atomic mass is 79.9. The Morgan fingerprint density at radius 1 is 1.00 bits per heavy atom. The molecule has 1 aromatic carbocycles. The molecule has 5 rings (SSSR count). The van der Waals surface area contributed by atoms with Gasteiger partial charge in [-0.3, -0.25) is 5.10 Å². The minimum Gasteiger partial charge on any atom is -0.493 e. The van der Waals surface area contributed by atoms with Gasteiger partial charge in [-0.15, -0.1) is 0 Å². The summed E-state index contributed by atoms with van der Waals surface area (Å²) in [6.07, 6.45) is 2.60. The zero-order valence-corrected chi connectivity index (χ0v) is 23.4. The van der Waals surface area contributed by atoms with Crippen molar-refractivity contribution in [1.82, 2.24) is 30.0 Å². The number of nitrogens with one attached hydrogen (secondary N) is 1. The first-order valence-electron chi connectivity index (χ1n) is 12.8. The summed E-state index contributed by atoms with van der Waals surface area (Å²) < 4.78 is 6.98. The normalized spacial score (nSPS) is 17.8. The number of fused-ring (bicyclic) bond motifs is 1. The first-order valence-corrected chi connectivity index (χ1v) is 13.9. The Kier molecular flexibility index (Phi) is 8.15. The molecule has 2 fully saturated rings. The van der Waals surface area contributed by atoms with Crippen molar-refractivity contribution in [3.05, 3.63) is 33.6 Å². The highest BCUT2D eigenvalue weighted by Crippen LogP contribution is 2.35. The highest BCUT2D eigenvalue weighted by molar-refractivity contribution is 9.10. The highest BCUT2D eigenvalue weighted by Gasteiger charge is 2.24. The number of rotatable bonds is 8. The van der Waals surface area contributed by atoms with Crippen LogP contribution < -0.4 is 14.5 Å². The minimum atomic E-state index is 0.700. The summed E-state index contributed by atoms with van der Waals surface area (Å²) in [5.41, 5.74) is 3.03. The zero-order valence-electron chi connectivity index (χ0n) is 21.0. The quantitative estimate of drug-likeness (QED) is 0.405. The predicted octanol–water partition coefficient (Wildman–Crippen LogP) is 3.81. The summed E-state index contributed by atoms with van der Waals surface area (Å²) in [7, 11) is 0. The van der Waals surface area contributed by atoms with Crippen molar-refractivity contribution in [3.8, 4) is 5.75 Å². The fourth-order valence-corrected chi connectivity index (χ4v) is 5.78. The Morgan fingerprint density at radius 3 is 2.47 bits per heavy atom. The number of piperazine rings is 2.